The van der Waals surface area contributed by atoms with Gasteiger partial charge in [-0.3, -0.25) is 4.79 Å². The molecule has 1 aromatic carbocycles. The van der Waals surface area contributed by atoms with Crippen molar-refractivity contribution in [2.24, 2.45) is 0 Å². The molecule has 0 spiro atoms. The molecule has 98 valence electrons. The van der Waals surface area contributed by atoms with E-state index >= 15 is 0 Å². The first kappa shape index (κ1) is 13.2. The first-order valence-corrected chi connectivity index (χ1v) is 6.12. The van der Waals surface area contributed by atoms with Gasteiger partial charge in [0.05, 0.1) is 32.2 Å². The lowest BCUT2D eigenvalue weighted by molar-refractivity contribution is -0.151. The molecule has 4 nitrogen and oxygen atoms in total. The molecular formula is C13H16ClNO3. The van der Waals surface area contributed by atoms with Gasteiger partial charge in [0.1, 0.15) is 5.75 Å². The molecule has 0 unspecified atom stereocenters. The molecule has 0 aliphatic carbocycles. The smallest absolute Gasteiger partial charge is 0.227 e. The zero-order chi connectivity index (χ0) is 13.3. The van der Waals surface area contributed by atoms with Gasteiger partial charge in [-0.05, 0) is 25.1 Å². The van der Waals surface area contributed by atoms with Crippen molar-refractivity contribution >= 4 is 17.5 Å². The molecule has 1 aliphatic heterocycles. The van der Waals surface area contributed by atoms with Crippen molar-refractivity contribution in [3.8, 4) is 5.75 Å². The quantitative estimate of drug-likeness (QED) is 0.904. The number of methoxy groups -OCH3 is 1. The molecule has 1 N–H and O–H groups in total. The molecule has 18 heavy (non-hydrogen) atoms. The predicted octanol–water partition coefficient (Wildman–Crippen LogP) is 1.48. The molecule has 1 aliphatic rings. The number of amides is 1. The minimum Gasteiger partial charge on any atom is -0.496 e. The van der Waals surface area contributed by atoms with Crippen LogP contribution in [-0.2, 0) is 11.2 Å². The number of ether oxygens (including phenoxy) is 1. The van der Waals surface area contributed by atoms with Crippen molar-refractivity contribution in [3.05, 3.63) is 28.8 Å². The van der Waals surface area contributed by atoms with E-state index in [1.165, 1.54) is 0 Å². The highest BCUT2D eigenvalue weighted by molar-refractivity contribution is 6.30. The van der Waals surface area contributed by atoms with Gasteiger partial charge in [-0.25, -0.2) is 0 Å². The number of benzene rings is 1. The van der Waals surface area contributed by atoms with Gasteiger partial charge in [-0.2, -0.15) is 0 Å². The summed E-state index contributed by atoms with van der Waals surface area (Å²) < 4.78 is 5.19. The van der Waals surface area contributed by atoms with Crippen LogP contribution in [0.3, 0.4) is 0 Å². The molecule has 1 amide bonds. The Morgan fingerprint density at radius 3 is 2.78 bits per heavy atom. The Morgan fingerprint density at radius 1 is 1.56 bits per heavy atom. The van der Waals surface area contributed by atoms with Crippen molar-refractivity contribution in [2.45, 2.75) is 18.9 Å². The molecule has 0 bridgehead atoms. The van der Waals surface area contributed by atoms with Crippen LogP contribution in [0.15, 0.2) is 18.2 Å². The lowest BCUT2D eigenvalue weighted by atomic mass is 9.96. The van der Waals surface area contributed by atoms with Crippen molar-refractivity contribution in [2.75, 3.05) is 20.2 Å². The molecule has 0 atom stereocenters. The van der Waals surface area contributed by atoms with Crippen LogP contribution in [0, 0.1) is 0 Å². The van der Waals surface area contributed by atoms with Crippen LogP contribution in [-0.4, -0.2) is 41.7 Å². The highest BCUT2D eigenvalue weighted by Crippen LogP contribution is 2.26. The largest absolute Gasteiger partial charge is 0.496 e. The number of carbonyl (C=O) groups is 1. The first-order chi connectivity index (χ1) is 8.41. The van der Waals surface area contributed by atoms with Gasteiger partial charge in [0.25, 0.3) is 0 Å². The Kier molecular flexibility index (Phi) is 3.50. The number of β-amino-alcohol motifs (C(OH)–C–C–N with tert-alkyl or cyclic N) is 1. The van der Waals surface area contributed by atoms with E-state index in [2.05, 4.69) is 0 Å². The van der Waals surface area contributed by atoms with Crippen molar-refractivity contribution in [1.29, 1.82) is 0 Å². The van der Waals surface area contributed by atoms with E-state index in [9.17, 15) is 9.90 Å². The van der Waals surface area contributed by atoms with Crippen molar-refractivity contribution in [3.63, 3.8) is 0 Å². The number of aliphatic hydroxyl groups is 1. The minimum atomic E-state index is -0.742. The van der Waals surface area contributed by atoms with Crippen LogP contribution in [0.2, 0.25) is 5.02 Å². The lowest BCUT2D eigenvalue weighted by Crippen LogP contribution is -2.62. The maximum atomic E-state index is 12.0. The first-order valence-electron chi connectivity index (χ1n) is 5.74. The van der Waals surface area contributed by atoms with E-state index in [-0.39, 0.29) is 12.3 Å². The third-order valence-electron chi connectivity index (χ3n) is 3.00. The fraction of sp³-hybridized carbons (Fsp3) is 0.462. The van der Waals surface area contributed by atoms with Crippen LogP contribution >= 0.6 is 11.6 Å². The second kappa shape index (κ2) is 4.78. The van der Waals surface area contributed by atoms with Gasteiger partial charge in [0.2, 0.25) is 5.91 Å². The molecule has 1 fully saturated rings. The Balaban J connectivity index is 2.05. The second-order valence-corrected chi connectivity index (χ2v) is 5.32. The Morgan fingerprint density at radius 2 is 2.22 bits per heavy atom. The van der Waals surface area contributed by atoms with E-state index in [1.807, 2.05) is 0 Å². The number of likely N-dealkylation sites (tertiary alicyclic amines) is 1. The van der Waals surface area contributed by atoms with E-state index in [0.29, 0.717) is 23.9 Å². The van der Waals surface area contributed by atoms with Crippen molar-refractivity contribution in [1.82, 2.24) is 4.90 Å². The summed E-state index contributed by atoms with van der Waals surface area (Å²) in [6, 6.07) is 5.20. The summed E-state index contributed by atoms with van der Waals surface area (Å²) in [6.45, 7) is 2.49. The summed E-state index contributed by atoms with van der Waals surface area (Å²) in [6.07, 6.45) is 0.236. The molecular weight excluding hydrogens is 254 g/mol. The monoisotopic (exact) mass is 269 g/mol. The number of carbonyl (C=O) groups excluding carboxylic acids is 1. The van der Waals surface area contributed by atoms with E-state index in [1.54, 1.807) is 37.1 Å². The van der Waals surface area contributed by atoms with Gasteiger partial charge in [-0.1, -0.05) is 11.6 Å². The zero-order valence-electron chi connectivity index (χ0n) is 10.4. The second-order valence-electron chi connectivity index (χ2n) is 4.88. The standard InChI is InChI=1S/C13H16ClNO3/c1-13(17)7-15(8-13)12(16)6-9-5-10(14)3-4-11(9)18-2/h3-5,17H,6-8H2,1-2H3. The topological polar surface area (TPSA) is 49.8 Å². The zero-order valence-corrected chi connectivity index (χ0v) is 11.2. The van der Waals surface area contributed by atoms with Crippen LogP contribution in [0.1, 0.15) is 12.5 Å². The molecule has 1 aromatic rings. The van der Waals surface area contributed by atoms with E-state index in [0.717, 1.165) is 5.56 Å². The molecule has 2 rings (SSSR count). The van der Waals surface area contributed by atoms with E-state index < -0.39 is 5.60 Å². The summed E-state index contributed by atoms with van der Waals surface area (Å²) in [5, 5.41) is 10.2. The summed E-state index contributed by atoms with van der Waals surface area (Å²) in [5.41, 5.74) is 0.0233. The number of nitrogens with zero attached hydrogens (tertiary/aromatic N) is 1. The summed E-state index contributed by atoms with van der Waals surface area (Å²) in [5.74, 6) is 0.627. The maximum absolute atomic E-state index is 12.0. The maximum Gasteiger partial charge on any atom is 0.227 e. The number of halogens is 1. The third kappa shape index (κ3) is 2.76. The fourth-order valence-corrected chi connectivity index (χ4v) is 2.31. The number of rotatable bonds is 3. The van der Waals surface area contributed by atoms with Crippen LogP contribution in [0.4, 0.5) is 0 Å². The molecule has 0 saturated carbocycles. The molecule has 5 heteroatoms. The Hall–Kier alpha value is -1.26. The Bertz CT molecular complexity index is 465. The molecule has 1 saturated heterocycles. The molecule has 0 radical (unpaired) electrons. The highest BCUT2D eigenvalue weighted by Gasteiger charge is 2.39. The number of hydrogen-bond donors (Lipinski definition) is 1. The van der Waals surface area contributed by atoms with Gasteiger partial charge in [0, 0.05) is 10.6 Å². The molecule has 1 heterocycles. The van der Waals surface area contributed by atoms with Crippen LogP contribution in [0.5, 0.6) is 5.75 Å². The predicted molar refractivity (Wildman–Crippen MR) is 68.9 cm³/mol. The SMILES string of the molecule is COc1ccc(Cl)cc1CC(=O)N1CC(C)(O)C1. The van der Waals surface area contributed by atoms with Gasteiger partial charge in [0.15, 0.2) is 0 Å². The van der Waals surface area contributed by atoms with Gasteiger partial charge < -0.3 is 14.7 Å². The average molecular weight is 270 g/mol. The fourth-order valence-electron chi connectivity index (χ4n) is 2.11. The van der Waals surface area contributed by atoms with E-state index in [4.69, 9.17) is 16.3 Å². The molecule has 0 aromatic heterocycles. The Labute approximate surface area is 111 Å². The van der Waals surface area contributed by atoms with Gasteiger partial charge in [-0.15, -0.1) is 0 Å². The highest BCUT2D eigenvalue weighted by atomic mass is 35.5. The summed E-state index contributed by atoms with van der Waals surface area (Å²) in [7, 11) is 1.56. The number of hydrogen-bond acceptors (Lipinski definition) is 3. The summed E-state index contributed by atoms with van der Waals surface area (Å²) in [4.78, 5) is 13.6. The normalized spacial score (nSPS) is 17.2. The van der Waals surface area contributed by atoms with Crippen molar-refractivity contribution < 1.29 is 14.6 Å². The summed E-state index contributed by atoms with van der Waals surface area (Å²) >= 11 is 5.91. The lowest BCUT2D eigenvalue weighted by Gasteiger charge is -2.44. The van der Waals surface area contributed by atoms with Crippen LogP contribution < -0.4 is 4.74 Å². The minimum absolute atomic E-state index is 0.0258. The average Bonchev–Trinajstić information content (AvgIpc) is 2.26. The van der Waals surface area contributed by atoms with Gasteiger partial charge >= 0.3 is 0 Å². The van der Waals surface area contributed by atoms with Crippen LogP contribution in [0.25, 0.3) is 0 Å². The third-order valence-corrected chi connectivity index (χ3v) is 3.23.